The van der Waals surface area contributed by atoms with Crippen LogP contribution in [0.3, 0.4) is 0 Å². The van der Waals surface area contributed by atoms with Crippen molar-refractivity contribution < 1.29 is 29.0 Å². The number of allylic oxidation sites excluding steroid dienone is 2. The lowest BCUT2D eigenvalue weighted by Gasteiger charge is -2.27. The highest BCUT2D eigenvalue weighted by Crippen LogP contribution is 2.67. The molecule has 1 saturated carbocycles. The van der Waals surface area contributed by atoms with Crippen LogP contribution in [0.15, 0.2) is 54.2 Å². The van der Waals surface area contributed by atoms with Gasteiger partial charge >= 0.3 is 0 Å². The van der Waals surface area contributed by atoms with Crippen LogP contribution in [-0.2, 0) is 11.8 Å². The Kier molecular flexibility index (Phi) is 5.40. The maximum atomic E-state index is 14.0. The Morgan fingerprint density at radius 2 is 1.76 bits per heavy atom. The predicted molar refractivity (Wildman–Crippen MR) is 172 cm³/mol. The summed E-state index contributed by atoms with van der Waals surface area (Å²) in [5, 5.41) is 11.7. The van der Waals surface area contributed by atoms with Crippen LogP contribution in [0.5, 0.6) is 11.5 Å². The summed E-state index contributed by atoms with van der Waals surface area (Å²) in [5.41, 5.74) is 5.85. The maximum Gasteiger partial charge on any atom is 0.274 e. The average Bonchev–Trinajstić information content (AvgIpc) is 3.68. The van der Waals surface area contributed by atoms with Crippen molar-refractivity contribution in [2.45, 2.75) is 18.3 Å². The zero-order valence-electron chi connectivity index (χ0n) is 24.8. The lowest BCUT2D eigenvalue weighted by molar-refractivity contribution is 0.0806. The molecule has 2 aromatic carbocycles. The average molecular weight is 634 g/mol. The van der Waals surface area contributed by atoms with E-state index in [1.54, 1.807) is 40.3 Å². The molecule has 0 unspecified atom stereocenters. The zero-order chi connectivity index (χ0) is 31.6. The van der Waals surface area contributed by atoms with E-state index in [1.165, 1.54) is 13.2 Å². The van der Waals surface area contributed by atoms with Gasteiger partial charge in [-0.3, -0.25) is 19.2 Å². The van der Waals surface area contributed by atoms with Crippen molar-refractivity contribution in [1.29, 1.82) is 0 Å². The number of carbonyl (C=O) groups excluding carboxylic acids is 4. The third kappa shape index (κ3) is 3.50. The number of carbonyl (C=O) groups is 4. The number of anilines is 1. The summed E-state index contributed by atoms with van der Waals surface area (Å²) in [6.07, 6.45) is 4.73. The Hall–Kier alpha value is -5.23. The third-order valence-corrected chi connectivity index (χ3v) is 10.7. The number of likely N-dealkylation sites (tertiary alicyclic amines) is 1. The fourth-order valence-corrected chi connectivity index (χ4v) is 8.19. The molecule has 4 N–H and O–H groups in total. The molecular formula is C34H27N5O6S. The Morgan fingerprint density at radius 3 is 2.57 bits per heavy atom. The van der Waals surface area contributed by atoms with E-state index in [1.807, 2.05) is 18.2 Å². The molecule has 1 spiro atoms. The molecule has 5 heterocycles. The monoisotopic (exact) mass is 633 g/mol. The number of ketones is 1. The number of hydrogen-bond donors (Lipinski definition) is 4. The van der Waals surface area contributed by atoms with Crippen LogP contribution in [0.2, 0.25) is 0 Å². The quantitative estimate of drug-likeness (QED) is 0.220. The second-order valence-corrected chi connectivity index (χ2v) is 13.1. The summed E-state index contributed by atoms with van der Waals surface area (Å²) in [5.74, 6) is -0.348. The van der Waals surface area contributed by atoms with E-state index in [9.17, 15) is 24.3 Å². The van der Waals surface area contributed by atoms with E-state index in [2.05, 4.69) is 15.0 Å². The number of methoxy groups -OCH3 is 1. The van der Waals surface area contributed by atoms with Crippen LogP contribution in [0.4, 0.5) is 5.69 Å². The first-order valence-corrected chi connectivity index (χ1v) is 16.2. The number of nitrogens with zero attached hydrogens (tertiary/aromatic N) is 2. The highest BCUT2D eigenvalue weighted by atomic mass is 32.2. The number of phenolic OH excluding ortho intramolecular Hbond substituents is 1. The van der Waals surface area contributed by atoms with Gasteiger partial charge in [0, 0.05) is 63.8 Å². The first-order valence-electron chi connectivity index (χ1n) is 15.0. The maximum absolute atomic E-state index is 14.0. The lowest BCUT2D eigenvalue weighted by Crippen LogP contribution is -2.33. The molecule has 9 rings (SSSR count). The number of piperidine rings is 1. The van der Waals surface area contributed by atoms with E-state index < -0.39 is 5.41 Å². The normalized spacial score (nSPS) is 20.9. The Labute approximate surface area is 265 Å². The van der Waals surface area contributed by atoms with Gasteiger partial charge in [0.1, 0.15) is 11.4 Å². The minimum atomic E-state index is -0.498. The van der Waals surface area contributed by atoms with Crippen molar-refractivity contribution in [2.24, 2.45) is 5.92 Å². The van der Waals surface area contributed by atoms with E-state index in [4.69, 9.17) is 4.74 Å². The number of amides is 2. The predicted octanol–water partition coefficient (Wildman–Crippen LogP) is 4.89. The number of aromatic hydroxyl groups is 1. The third-order valence-electron chi connectivity index (χ3n) is 10.1. The largest absolute Gasteiger partial charge is 0.504 e. The lowest BCUT2D eigenvalue weighted by atomic mass is 9.85. The molecule has 0 bridgehead atoms. The molecule has 2 atom stereocenters. The molecule has 5 aromatic rings. The zero-order valence-corrected chi connectivity index (χ0v) is 25.6. The summed E-state index contributed by atoms with van der Waals surface area (Å²) in [6.45, 7) is 0.943. The van der Waals surface area contributed by atoms with Crippen molar-refractivity contribution in [3.05, 3.63) is 88.1 Å². The second kappa shape index (κ2) is 9.16. The number of hydrogen-bond acceptors (Lipinski definition) is 7. The van der Waals surface area contributed by atoms with Gasteiger partial charge < -0.3 is 34.6 Å². The van der Waals surface area contributed by atoms with Crippen molar-refractivity contribution >= 4 is 62.0 Å². The molecule has 3 aromatic heterocycles. The summed E-state index contributed by atoms with van der Waals surface area (Å²) < 4.78 is 5.20. The molecule has 4 aliphatic rings. The van der Waals surface area contributed by atoms with Crippen molar-refractivity contribution in [3.63, 3.8) is 0 Å². The van der Waals surface area contributed by atoms with Crippen LogP contribution < -0.4 is 9.64 Å². The van der Waals surface area contributed by atoms with Gasteiger partial charge in [0.2, 0.25) is 10.9 Å². The van der Waals surface area contributed by atoms with Gasteiger partial charge in [-0.2, -0.15) is 0 Å². The van der Waals surface area contributed by atoms with E-state index in [0.29, 0.717) is 64.6 Å². The van der Waals surface area contributed by atoms with E-state index >= 15 is 0 Å². The fraction of sp³-hybridized carbons (Fsp3) is 0.235. The first kappa shape index (κ1) is 27.1. The number of aromatic amines is 3. The Bertz CT molecular complexity index is 2280. The fourth-order valence-electron chi connectivity index (χ4n) is 7.86. The summed E-state index contributed by atoms with van der Waals surface area (Å²) in [4.78, 5) is 66.4. The number of H-pyrrole nitrogens is 3. The minimum absolute atomic E-state index is 0.0211. The first-order chi connectivity index (χ1) is 22.2. The second-order valence-electron chi connectivity index (χ2n) is 12.4. The molecule has 1 saturated heterocycles. The molecule has 2 amide bonds. The van der Waals surface area contributed by atoms with Gasteiger partial charge in [0.05, 0.1) is 18.5 Å². The molecule has 2 fully saturated rings. The molecule has 12 heteroatoms. The van der Waals surface area contributed by atoms with Crippen LogP contribution in [0.1, 0.15) is 59.5 Å². The van der Waals surface area contributed by atoms with Gasteiger partial charge in [0.25, 0.3) is 11.8 Å². The molecule has 230 valence electrons. The van der Waals surface area contributed by atoms with Crippen molar-refractivity contribution in [2.75, 3.05) is 31.4 Å². The SMILES string of the molecule is COc1cc2[nH]c(C(=O)N3C[C@H]4C[C@@]45C3=CC(=O)c3[nH]c(C(=O)N4CCc6c4ccc4[nH]c(C(=O)SC)cc64)cc35)cc2cc1O. The smallest absolute Gasteiger partial charge is 0.274 e. The molecular weight excluding hydrogens is 606 g/mol. The number of aromatic nitrogens is 3. The number of rotatable bonds is 4. The number of ether oxygens (including phenoxy) is 1. The summed E-state index contributed by atoms with van der Waals surface area (Å²) >= 11 is 1.15. The van der Waals surface area contributed by atoms with Crippen LogP contribution in [-0.4, -0.2) is 74.1 Å². The highest BCUT2D eigenvalue weighted by molar-refractivity contribution is 8.13. The van der Waals surface area contributed by atoms with Crippen molar-refractivity contribution in [3.8, 4) is 11.5 Å². The topological polar surface area (TPSA) is 152 Å². The van der Waals surface area contributed by atoms with Crippen LogP contribution >= 0.6 is 11.8 Å². The number of benzene rings is 2. The van der Waals surface area contributed by atoms with Gasteiger partial charge in [-0.1, -0.05) is 11.8 Å². The molecule has 2 aliphatic heterocycles. The van der Waals surface area contributed by atoms with Gasteiger partial charge in [-0.15, -0.1) is 0 Å². The molecule has 11 nitrogen and oxygen atoms in total. The number of nitrogens with one attached hydrogen (secondary N) is 3. The Morgan fingerprint density at radius 1 is 0.978 bits per heavy atom. The Balaban J connectivity index is 1.02. The number of fused-ring (bicyclic) bond motifs is 5. The number of phenols is 1. The highest BCUT2D eigenvalue weighted by Gasteiger charge is 2.68. The standard InChI is InChI=1S/C34H27N5O6S/c1-45-28-11-21-15(8-26(28)40)7-22(36-21)32(43)39-14-16-13-34(16)19-10-23(37-30(19)27(41)12-29(34)39)31(42)38-6-5-17-18-9-24(33(44)46-2)35-20(18)3-4-25(17)38/h3-4,7-12,16,35-37,40H,5-6,13-14H2,1-2H3/t16-,34-/m1/s1. The number of thioether (sulfide) groups is 1. The summed E-state index contributed by atoms with van der Waals surface area (Å²) in [7, 11) is 1.46. The summed E-state index contributed by atoms with van der Waals surface area (Å²) in [6, 6.07) is 12.3. The van der Waals surface area contributed by atoms with Gasteiger partial charge in [-0.05, 0) is 72.5 Å². The van der Waals surface area contributed by atoms with E-state index in [-0.39, 0.29) is 34.4 Å². The van der Waals surface area contributed by atoms with Gasteiger partial charge in [-0.25, -0.2) is 0 Å². The molecule has 46 heavy (non-hydrogen) atoms. The van der Waals surface area contributed by atoms with E-state index in [0.717, 1.165) is 45.9 Å². The van der Waals surface area contributed by atoms with Crippen LogP contribution in [0, 0.1) is 5.92 Å². The van der Waals surface area contributed by atoms with Crippen LogP contribution in [0.25, 0.3) is 21.8 Å². The van der Waals surface area contributed by atoms with Gasteiger partial charge in [0.15, 0.2) is 11.5 Å². The minimum Gasteiger partial charge on any atom is -0.504 e. The molecule has 2 aliphatic carbocycles. The molecule has 0 radical (unpaired) electrons. The van der Waals surface area contributed by atoms with Crippen molar-refractivity contribution in [1.82, 2.24) is 19.9 Å².